The summed E-state index contributed by atoms with van der Waals surface area (Å²) in [6, 6.07) is 5.97. The highest BCUT2D eigenvalue weighted by Gasteiger charge is 2.34. The molecule has 3 rings (SSSR count). The largest absolute Gasteiger partial charge is 0.389 e. The fourth-order valence-electron chi connectivity index (χ4n) is 3.25. The van der Waals surface area contributed by atoms with Gasteiger partial charge in [-0.05, 0) is 37.1 Å². The van der Waals surface area contributed by atoms with Crippen LogP contribution in [0.4, 0.5) is 23.2 Å². The van der Waals surface area contributed by atoms with Crippen LogP contribution in [-0.4, -0.2) is 49.1 Å². The van der Waals surface area contributed by atoms with Gasteiger partial charge in [-0.1, -0.05) is 6.07 Å². The summed E-state index contributed by atoms with van der Waals surface area (Å²) < 4.78 is 80.7. The third kappa shape index (κ3) is 5.05. The maximum Gasteiger partial charge on any atom is 0.255 e. The molecule has 168 valence electrons. The van der Waals surface area contributed by atoms with Crippen LogP contribution >= 0.6 is 0 Å². The number of carbonyl (C=O) groups is 1. The van der Waals surface area contributed by atoms with Crippen LogP contribution in [-0.2, 0) is 16.7 Å². The van der Waals surface area contributed by atoms with Gasteiger partial charge < -0.3 is 10.4 Å². The fourth-order valence-corrected chi connectivity index (χ4v) is 4.98. The van der Waals surface area contributed by atoms with E-state index < -0.39 is 58.0 Å². The summed E-state index contributed by atoms with van der Waals surface area (Å²) in [5.74, 6) is -3.11. The molecule has 0 aromatic heterocycles. The lowest BCUT2D eigenvalue weighted by atomic mass is 10.1. The summed E-state index contributed by atoms with van der Waals surface area (Å²) in [6.07, 6.45) is -2.95. The lowest BCUT2D eigenvalue weighted by Crippen LogP contribution is -2.39. The molecule has 0 spiro atoms. The molecule has 2 aromatic rings. The zero-order valence-corrected chi connectivity index (χ0v) is 17.0. The monoisotopic (exact) mass is 460 g/mol. The Morgan fingerprint density at radius 2 is 1.90 bits per heavy atom. The van der Waals surface area contributed by atoms with Gasteiger partial charge in [-0.3, -0.25) is 4.79 Å². The van der Waals surface area contributed by atoms with Gasteiger partial charge in [-0.15, -0.1) is 0 Å². The summed E-state index contributed by atoms with van der Waals surface area (Å²) in [7, 11) is -4.35. The Morgan fingerprint density at radius 3 is 2.58 bits per heavy atom. The number of anilines is 1. The van der Waals surface area contributed by atoms with Gasteiger partial charge >= 0.3 is 0 Å². The van der Waals surface area contributed by atoms with Crippen molar-refractivity contribution in [3.63, 3.8) is 0 Å². The van der Waals surface area contributed by atoms with E-state index in [-0.39, 0.29) is 36.2 Å². The topological polar surface area (TPSA) is 86.7 Å². The molecular formula is C20H20F4N2O4S. The number of sulfonamides is 1. The lowest BCUT2D eigenvalue weighted by Gasteiger charge is -2.23. The molecule has 0 saturated carbocycles. The minimum atomic E-state index is -4.35. The molecule has 0 radical (unpaired) electrons. The number of hydrogen-bond donors (Lipinski definition) is 2. The first kappa shape index (κ1) is 23.2. The molecule has 1 amide bonds. The van der Waals surface area contributed by atoms with Crippen molar-refractivity contribution in [2.75, 3.05) is 18.4 Å². The van der Waals surface area contributed by atoms with Crippen molar-refractivity contribution < 1.29 is 35.9 Å². The maximum atomic E-state index is 13.7. The Balaban J connectivity index is 1.92. The minimum absolute atomic E-state index is 0.0141. The number of hydrogen-bond acceptors (Lipinski definition) is 4. The van der Waals surface area contributed by atoms with Crippen LogP contribution in [0.25, 0.3) is 0 Å². The molecule has 6 nitrogen and oxygen atoms in total. The van der Waals surface area contributed by atoms with E-state index in [0.717, 1.165) is 34.6 Å². The number of halogens is 4. The van der Waals surface area contributed by atoms with E-state index in [2.05, 4.69) is 5.32 Å². The highest BCUT2D eigenvalue weighted by atomic mass is 32.2. The Hall–Kier alpha value is -2.50. The molecule has 1 aliphatic rings. The van der Waals surface area contributed by atoms with Gasteiger partial charge in [-0.25, -0.2) is 26.0 Å². The van der Waals surface area contributed by atoms with Crippen LogP contribution in [0.2, 0.25) is 0 Å². The summed E-state index contributed by atoms with van der Waals surface area (Å²) in [6.45, 7) is -1.71. The van der Waals surface area contributed by atoms with E-state index in [9.17, 15) is 35.9 Å². The molecule has 0 aliphatic carbocycles. The molecular weight excluding hydrogens is 440 g/mol. The van der Waals surface area contributed by atoms with Crippen LogP contribution in [0.5, 0.6) is 0 Å². The molecule has 2 unspecified atom stereocenters. The van der Waals surface area contributed by atoms with Gasteiger partial charge in [0.1, 0.15) is 12.8 Å². The number of β-amino-alcohol motifs (C(OH)–C–C–N with tert-alkyl or cyclic N) is 1. The molecule has 11 heteroatoms. The maximum absolute atomic E-state index is 13.7. The van der Waals surface area contributed by atoms with E-state index in [1.807, 2.05) is 0 Å². The first-order valence-corrected chi connectivity index (χ1v) is 10.8. The Labute approximate surface area is 176 Å². The quantitative estimate of drug-likeness (QED) is 0.672. The van der Waals surface area contributed by atoms with Crippen molar-refractivity contribution in [2.45, 2.75) is 36.7 Å². The number of alkyl halides is 2. The number of nitrogens with zero attached hydrogens (tertiary/aromatic N) is 1. The van der Waals surface area contributed by atoms with Crippen LogP contribution in [0.15, 0.2) is 41.3 Å². The molecule has 1 saturated heterocycles. The van der Waals surface area contributed by atoms with Gasteiger partial charge in [0.2, 0.25) is 10.0 Å². The van der Waals surface area contributed by atoms with Crippen LogP contribution in [0.1, 0.15) is 28.8 Å². The number of benzene rings is 2. The molecule has 1 aliphatic heterocycles. The van der Waals surface area contributed by atoms with Gasteiger partial charge in [-0.2, -0.15) is 4.31 Å². The number of rotatable bonds is 5. The second-order valence-corrected chi connectivity index (χ2v) is 9.03. The van der Waals surface area contributed by atoms with Crippen molar-refractivity contribution in [1.29, 1.82) is 0 Å². The van der Waals surface area contributed by atoms with Crippen molar-refractivity contribution in [1.82, 2.24) is 4.31 Å². The SMILES string of the molecule is O=C(Nc1ccc(F)c(F)c1)c1ccc(CF)c(S(=O)(=O)N2CCCC(F)C(O)C2)c1. The lowest BCUT2D eigenvalue weighted by molar-refractivity contribution is 0.0710. The van der Waals surface area contributed by atoms with E-state index in [4.69, 9.17) is 0 Å². The summed E-state index contributed by atoms with van der Waals surface area (Å²) >= 11 is 0. The average Bonchev–Trinajstić information content (AvgIpc) is 2.91. The highest BCUT2D eigenvalue weighted by molar-refractivity contribution is 7.89. The van der Waals surface area contributed by atoms with E-state index >= 15 is 0 Å². The number of nitrogens with one attached hydrogen (secondary N) is 1. The molecule has 2 atom stereocenters. The van der Waals surface area contributed by atoms with E-state index in [1.165, 1.54) is 6.07 Å². The first-order chi connectivity index (χ1) is 14.6. The van der Waals surface area contributed by atoms with Gasteiger partial charge in [0.05, 0.1) is 11.0 Å². The molecule has 2 N–H and O–H groups in total. The Morgan fingerprint density at radius 1 is 1.16 bits per heavy atom. The van der Waals surface area contributed by atoms with Crippen LogP contribution in [0, 0.1) is 11.6 Å². The third-order valence-corrected chi connectivity index (χ3v) is 6.91. The number of carbonyl (C=O) groups excluding carboxylic acids is 1. The summed E-state index contributed by atoms with van der Waals surface area (Å²) in [4.78, 5) is 12.0. The Kier molecular flexibility index (Phi) is 6.97. The predicted octanol–water partition coefficient (Wildman–Crippen LogP) is 3.17. The molecule has 1 fully saturated rings. The van der Waals surface area contributed by atoms with Crippen molar-refractivity contribution in [3.8, 4) is 0 Å². The second kappa shape index (κ2) is 9.33. The standard InChI is InChI=1S/C20H20F4N2O4S/c21-10-13-4-3-12(20(28)25-14-5-6-15(22)17(24)9-14)8-19(13)31(29,30)26-7-1-2-16(23)18(27)11-26/h3-6,8-9,16,18,27H,1-2,7,10-11H2,(H,25,28). The van der Waals surface area contributed by atoms with Gasteiger partial charge in [0.15, 0.2) is 11.6 Å². The van der Waals surface area contributed by atoms with Gasteiger partial charge in [0.25, 0.3) is 5.91 Å². The van der Waals surface area contributed by atoms with Crippen LogP contribution < -0.4 is 5.32 Å². The average molecular weight is 460 g/mol. The third-order valence-electron chi connectivity index (χ3n) is 4.96. The van der Waals surface area contributed by atoms with E-state index in [1.54, 1.807) is 0 Å². The van der Waals surface area contributed by atoms with E-state index in [0.29, 0.717) is 0 Å². The molecule has 1 heterocycles. The Bertz CT molecular complexity index is 1080. The van der Waals surface area contributed by atoms with Crippen molar-refractivity contribution in [2.24, 2.45) is 0 Å². The van der Waals surface area contributed by atoms with Crippen LogP contribution in [0.3, 0.4) is 0 Å². The molecule has 2 aromatic carbocycles. The zero-order valence-electron chi connectivity index (χ0n) is 16.2. The fraction of sp³-hybridized carbons (Fsp3) is 0.350. The molecule has 31 heavy (non-hydrogen) atoms. The predicted molar refractivity (Wildman–Crippen MR) is 104 cm³/mol. The van der Waals surface area contributed by atoms with Crippen molar-refractivity contribution in [3.05, 3.63) is 59.2 Å². The second-order valence-electron chi connectivity index (χ2n) is 7.13. The zero-order chi connectivity index (χ0) is 22.8. The number of aliphatic hydroxyl groups excluding tert-OH is 1. The normalized spacial score (nSPS) is 20.3. The highest BCUT2D eigenvalue weighted by Crippen LogP contribution is 2.27. The smallest absolute Gasteiger partial charge is 0.255 e. The number of amides is 1. The summed E-state index contributed by atoms with van der Waals surface area (Å²) in [5.41, 5.74) is -0.438. The minimum Gasteiger partial charge on any atom is -0.389 e. The summed E-state index contributed by atoms with van der Waals surface area (Å²) in [5, 5.41) is 12.1. The van der Waals surface area contributed by atoms with Crippen molar-refractivity contribution >= 4 is 21.6 Å². The molecule has 0 bridgehead atoms. The number of aliphatic hydroxyl groups is 1. The van der Waals surface area contributed by atoms with Gasteiger partial charge in [0, 0.05) is 36.0 Å². The first-order valence-electron chi connectivity index (χ1n) is 9.41.